The zero-order chi connectivity index (χ0) is 12.0. The van der Waals surface area contributed by atoms with E-state index in [4.69, 9.17) is 0 Å². The van der Waals surface area contributed by atoms with Crippen LogP contribution in [0.5, 0.6) is 0 Å². The minimum atomic E-state index is 0.363. The highest BCUT2D eigenvalue weighted by atomic mass is 15.0. The van der Waals surface area contributed by atoms with Crippen LogP contribution in [0.25, 0.3) is 11.2 Å². The van der Waals surface area contributed by atoms with Gasteiger partial charge in [0.15, 0.2) is 5.65 Å². The van der Waals surface area contributed by atoms with Crippen LogP contribution >= 0.6 is 0 Å². The Labute approximate surface area is 102 Å². The third-order valence-electron chi connectivity index (χ3n) is 4.21. The van der Waals surface area contributed by atoms with Gasteiger partial charge >= 0.3 is 0 Å². The van der Waals surface area contributed by atoms with E-state index in [9.17, 15) is 0 Å². The van der Waals surface area contributed by atoms with Gasteiger partial charge in [-0.3, -0.25) is 0 Å². The summed E-state index contributed by atoms with van der Waals surface area (Å²) < 4.78 is 0. The monoisotopic (exact) mass is 229 g/mol. The first-order valence-corrected chi connectivity index (χ1v) is 6.39. The summed E-state index contributed by atoms with van der Waals surface area (Å²) in [6, 6.07) is 2.03. The summed E-state index contributed by atoms with van der Waals surface area (Å²) in [6.07, 6.45) is 5.68. The Hall–Kier alpha value is -1.38. The number of rotatable bonds is 1. The zero-order valence-electron chi connectivity index (χ0n) is 10.7. The van der Waals surface area contributed by atoms with E-state index >= 15 is 0 Å². The minimum absolute atomic E-state index is 0.363. The topological polar surface area (TPSA) is 41.6 Å². The molecular formula is C14H19N3. The van der Waals surface area contributed by atoms with Crippen molar-refractivity contribution < 1.29 is 0 Å². The first-order chi connectivity index (χ1) is 8.08. The molecule has 2 heterocycles. The van der Waals surface area contributed by atoms with Gasteiger partial charge in [0.05, 0.1) is 5.52 Å². The van der Waals surface area contributed by atoms with E-state index in [-0.39, 0.29) is 0 Å². The quantitative estimate of drug-likeness (QED) is 0.812. The number of nitrogens with one attached hydrogen (secondary N) is 1. The third kappa shape index (κ3) is 1.65. The number of aryl methyl sites for hydroxylation is 1. The van der Waals surface area contributed by atoms with Gasteiger partial charge in [0.1, 0.15) is 5.82 Å². The lowest BCUT2D eigenvalue weighted by Gasteiger charge is -2.24. The van der Waals surface area contributed by atoms with E-state index in [1.807, 2.05) is 12.3 Å². The molecule has 90 valence electrons. The van der Waals surface area contributed by atoms with Crippen LogP contribution in [0.15, 0.2) is 12.3 Å². The van der Waals surface area contributed by atoms with Crippen molar-refractivity contribution in [1.82, 2.24) is 15.0 Å². The van der Waals surface area contributed by atoms with E-state index in [1.54, 1.807) is 0 Å². The molecule has 17 heavy (non-hydrogen) atoms. The Kier molecular flexibility index (Phi) is 2.25. The van der Waals surface area contributed by atoms with Gasteiger partial charge in [-0.2, -0.15) is 0 Å². The summed E-state index contributed by atoms with van der Waals surface area (Å²) in [5.41, 5.74) is 3.55. The van der Waals surface area contributed by atoms with Gasteiger partial charge in [0.2, 0.25) is 0 Å². The number of fused-ring (bicyclic) bond motifs is 1. The standard InChI is InChI=1S/C14H19N3/c1-9-6-8-15-13-11(9)16-12(17-13)10-5-4-7-14(10,2)3/h6,8,10H,4-5,7H2,1-3H3,(H,15,16,17). The maximum atomic E-state index is 4.68. The molecule has 3 nitrogen and oxygen atoms in total. The molecule has 0 aliphatic heterocycles. The summed E-state index contributed by atoms with van der Waals surface area (Å²) in [5, 5.41) is 0. The molecule has 0 radical (unpaired) electrons. The average Bonchev–Trinajstić information content (AvgIpc) is 2.81. The molecule has 1 atom stereocenters. The highest BCUT2D eigenvalue weighted by Crippen LogP contribution is 2.48. The predicted molar refractivity (Wildman–Crippen MR) is 69.0 cm³/mol. The number of pyridine rings is 1. The highest BCUT2D eigenvalue weighted by Gasteiger charge is 2.37. The van der Waals surface area contributed by atoms with E-state index in [1.165, 1.54) is 24.8 Å². The van der Waals surface area contributed by atoms with E-state index < -0.39 is 0 Å². The largest absolute Gasteiger partial charge is 0.340 e. The van der Waals surface area contributed by atoms with Gasteiger partial charge in [-0.05, 0) is 36.8 Å². The Morgan fingerprint density at radius 2 is 2.24 bits per heavy atom. The SMILES string of the molecule is Cc1ccnc2nc(C3CCCC3(C)C)[nH]c12. The fourth-order valence-electron chi connectivity index (χ4n) is 3.05. The second-order valence-corrected chi connectivity index (χ2v) is 5.88. The van der Waals surface area contributed by atoms with Crippen LogP contribution in [0.3, 0.4) is 0 Å². The van der Waals surface area contributed by atoms with Crippen LogP contribution in [0.2, 0.25) is 0 Å². The highest BCUT2D eigenvalue weighted by molar-refractivity contribution is 5.74. The number of imidazole rings is 1. The normalized spacial score (nSPS) is 23.4. The summed E-state index contributed by atoms with van der Waals surface area (Å²) in [6.45, 7) is 6.79. The summed E-state index contributed by atoms with van der Waals surface area (Å²) in [4.78, 5) is 12.5. The van der Waals surface area contributed by atoms with Crippen molar-refractivity contribution in [3.63, 3.8) is 0 Å². The molecule has 2 aromatic rings. The van der Waals surface area contributed by atoms with Gasteiger partial charge in [-0.25, -0.2) is 9.97 Å². The van der Waals surface area contributed by atoms with Gasteiger partial charge in [-0.1, -0.05) is 20.3 Å². The molecule has 0 spiro atoms. The number of aromatic amines is 1. The van der Waals surface area contributed by atoms with Gasteiger partial charge in [0, 0.05) is 12.1 Å². The molecule has 3 heteroatoms. The number of H-pyrrole nitrogens is 1. The van der Waals surface area contributed by atoms with Crippen molar-refractivity contribution in [1.29, 1.82) is 0 Å². The van der Waals surface area contributed by atoms with E-state index in [0.717, 1.165) is 17.0 Å². The molecule has 1 saturated carbocycles. The van der Waals surface area contributed by atoms with Crippen molar-refractivity contribution in [2.24, 2.45) is 5.41 Å². The zero-order valence-corrected chi connectivity index (χ0v) is 10.7. The third-order valence-corrected chi connectivity index (χ3v) is 4.21. The van der Waals surface area contributed by atoms with Crippen LogP contribution in [-0.4, -0.2) is 15.0 Å². The maximum absolute atomic E-state index is 4.68. The molecule has 1 N–H and O–H groups in total. The Bertz CT molecular complexity index is 554. The van der Waals surface area contributed by atoms with Crippen LogP contribution in [0.4, 0.5) is 0 Å². The van der Waals surface area contributed by atoms with Crippen molar-refractivity contribution in [3.05, 3.63) is 23.7 Å². The number of hydrogen-bond donors (Lipinski definition) is 1. The lowest BCUT2D eigenvalue weighted by molar-refractivity contribution is 0.323. The van der Waals surface area contributed by atoms with Gasteiger partial charge < -0.3 is 4.98 Å². The minimum Gasteiger partial charge on any atom is -0.340 e. The van der Waals surface area contributed by atoms with Crippen molar-refractivity contribution >= 4 is 11.2 Å². The lowest BCUT2D eigenvalue weighted by Crippen LogP contribution is -2.16. The van der Waals surface area contributed by atoms with E-state index in [2.05, 4.69) is 35.7 Å². The lowest BCUT2D eigenvalue weighted by atomic mass is 9.81. The van der Waals surface area contributed by atoms with Crippen molar-refractivity contribution in [3.8, 4) is 0 Å². The molecule has 1 fully saturated rings. The van der Waals surface area contributed by atoms with Crippen LogP contribution in [-0.2, 0) is 0 Å². The number of nitrogens with zero attached hydrogens (tertiary/aromatic N) is 2. The Balaban J connectivity index is 2.10. The maximum Gasteiger partial charge on any atom is 0.177 e. The molecule has 0 aromatic carbocycles. The van der Waals surface area contributed by atoms with Crippen LogP contribution < -0.4 is 0 Å². The fourth-order valence-corrected chi connectivity index (χ4v) is 3.05. The van der Waals surface area contributed by atoms with Crippen LogP contribution in [0.1, 0.15) is 50.4 Å². The van der Waals surface area contributed by atoms with Crippen LogP contribution in [0, 0.1) is 12.3 Å². The Morgan fingerprint density at radius 1 is 1.41 bits per heavy atom. The molecular weight excluding hydrogens is 210 g/mol. The van der Waals surface area contributed by atoms with Gasteiger partial charge in [-0.15, -0.1) is 0 Å². The van der Waals surface area contributed by atoms with Gasteiger partial charge in [0.25, 0.3) is 0 Å². The number of aromatic nitrogens is 3. The smallest absolute Gasteiger partial charge is 0.177 e. The molecule has 2 aromatic heterocycles. The molecule has 0 amide bonds. The summed E-state index contributed by atoms with van der Waals surface area (Å²) in [5.74, 6) is 1.68. The second kappa shape index (κ2) is 3.56. The molecule has 0 saturated heterocycles. The van der Waals surface area contributed by atoms with E-state index in [0.29, 0.717) is 11.3 Å². The second-order valence-electron chi connectivity index (χ2n) is 5.88. The fraction of sp³-hybridized carbons (Fsp3) is 0.571. The molecule has 0 bridgehead atoms. The first-order valence-electron chi connectivity index (χ1n) is 6.39. The molecule has 1 unspecified atom stereocenters. The van der Waals surface area contributed by atoms with Crippen molar-refractivity contribution in [2.75, 3.05) is 0 Å². The molecule has 1 aliphatic carbocycles. The molecule has 3 rings (SSSR count). The molecule has 1 aliphatic rings. The Morgan fingerprint density at radius 3 is 2.88 bits per heavy atom. The summed E-state index contributed by atoms with van der Waals surface area (Å²) in [7, 11) is 0. The first kappa shape index (κ1) is 10.8. The van der Waals surface area contributed by atoms with Crippen molar-refractivity contribution in [2.45, 2.75) is 46.0 Å². The number of hydrogen-bond acceptors (Lipinski definition) is 2. The predicted octanol–water partition coefficient (Wildman–Crippen LogP) is 3.56. The summed E-state index contributed by atoms with van der Waals surface area (Å²) >= 11 is 0. The average molecular weight is 229 g/mol.